The summed E-state index contributed by atoms with van der Waals surface area (Å²) in [7, 11) is 0. The van der Waals surface area contributed by atoms with E-state index in [4.69, 9.17) is 11.6 Å². The van der Waals surface area contributed by atoms with E-state index in [-0.39, 0.29) is 6.04 Å². The van der Waals surface area contributed by atoms with Gasteiger partial charge < -0.3 is 10.3 Å². The van der Waals surface area contributed by atoms with Crippen LogP contribution in [0.15, 0.2) is 42.7 Å². The van der Waals surface area contributed by atoms with Gasteiger partial charge in [-0.2, -0.15) is 0 Å². The van der Waals surface area contributed by atoms with Crippen LogP contribution in [0, 0.1) is 12.7 Å². The van der Waals surface area contributed by atoms with Crippen molar-refractivity contribution in [1.82, 2.24) is 15.0 Å². The second-order valence-corrected chi connectivity index (χ2v) is 5.82. The Hall–Kier alpha value is -2.40. The molecule has 118 valence electrons. The minimum absolute atomic E-state index is 0.0415. The van der Waals surface area contributed by atoms with E-state index < -0.39 is 5.82 Å². The molecule has 2 N–H and O–H groups in total. The van der Waals surface area contributed by atoms with E-state index in [9.17, 15) is 4.39 Å². The summed E-state index contributed by atoms with van der Waals surface area (Å²) in [4.78, 5) is 11.2. The number of aryl methyl sites for hydroxylation is 1. The smallest absolute Gasteiger partial charge is 0.223 e. The van der Waals surface area contributed by atoms with E-state index in [1.807, 2.05) is 38.1 Å². The first-order valence-corrected chi connectivity index (χ1v) is 7.60. The van der Waals surface area contributed by atoms with Gasteiger partial charge in [-0.05, 0) is 43.2 Å². The number of anilines is 1. The van der Waals surface area contributed by atoms with Crippen molar-refractivity contribution in [1.29, 1.82) is 0 Å². The van der Waals surface area contributed by atoms with Crippen molar-refractivity contribution in [2.75, 3.05) is 5.32 Å². The molecule has 2 heterocycles. The maximum atomic E-state index is 12.9. The average molecular weight is 331 g/mol. The van der Waals surface area contributed by atoms with Crippen LogP contribution in [-0.4, -0.2) is 15.0 Å². The lowest BCUT2D eigenvalue weighted by Gasteiger charge is -2.12. The first-order chi connectivity index (χ1) is 11.0. The fraction of sp³-hybridized carbons (Fsp3) is 0.176. The first-order valence-electron chi connectivity index (χ1n) is 7.22. The average Bonchev–Trinajstić information content (AvgIpc) is 2.92. The monoisotopic (exact) mass is 330 g/mol. The number of benzene rings is 1. The van der Waals surface area contributed by atoms with Gasteiger partial charge in [0.05, 0.1) is 18.4 Å². The topological polar surface area (TPSA) is 53.6 Å². The predicted molar refractivity (Wildman–Crippen MR) is 90.0 cm³/mol. The van der Waals surface area contributed by atoms with Crippen LogP contribution in [0.5, 0.6) is 0 Å². The van der Waals surface area contributed by atoms with Crippen molar-refractivity contribution in [2.45, 2.75) is 19.9 Å². The molecule has 3 rings (SSSR count). The molecule has 0 aliphatic carbocycles. The molecule has 0 aliphatic heterocycles. The molecule has 1 atom stereocenters. The molecule has 0 bridgehead atoms. The Morgan fingerprint density at radius 1 is 1.17 bits per heavy atom. The van der Waals surface area contributed by atoms with E-state index >= 15 is 0 Å². The fourth-order valence-corrected chi connectivity index (χ4v) is 2.52. The van der Waals surface area contributed by atoms with Crippen LogP contribution in [-0.2, 0) is 0 Å². The van der Waals surface area contributed by atoms with Crippen molar-refractivity contribution >= 4 is 17.5 Å². The van der Waals surface area contributed by atoms with Crippen molar-refractivity contribution in [3.05, 3.63) is 64.8 Å². The minimum atomic E-state index is -0.455. The summed E-state index contributed by atoms with van der Waals surface area (Å²) in [5, 5.41) is 3.86. The van der Waals surface area contributed by atoms with Crippen LogP contribution < -0.4 is 5.32 Å². The lowest BCUT2D eigenvalue weighted by Crippen LogP contribution is -2.09. The largest absolute Gasteiger partial charge is 0.356 e. The molecule has 3 aromatic rings. The van der Waals surface area contributed by atoms with Crippen LogP contribution in [0.4, 0.5) is 10.3 Å². The number of halogens is 2. The molecule has 2 aromatic heterocycles. The van der Waals surface area contributed by atoms with Gasteiger partial charge in [0, 0.05) is 16.4 Å². The molecular formula is C17H16ClFN4. The van der Waals surface area contributed by atoms with Gasteiger partial charge in [0.25, 0.3) is 0 Å². The van der Waals surface area contributed by atoms with Gasteiger partial charge in [0.1, 0.15) is 0 Å². The maximum Gasteiger partial charge on any atom is 0.223 e. The summed E-state index contributed by atoms with van der Waals surface area (Å²) >= 11 is 5.94. The zero-order valence-electron chi connectivity index (χ0n) is 12.8. The van der Waals surface area contributed by atoms with Crippen molar-refractivity contribution in [3.63, 3.8) is 0 Å². The summed E-state index contributed by atoms with van der Waals surface area (Å²) in [5.74, 6) is -0.0665. The molecule has 1 aromatic carbocycles. The van der Waals surface area contributed by atoms with Gasteiger partial charge in [-0.15, -0.1) is 0 Å². The first kappa shape index (κ1) is 15.5. The van der Waals surface area contributed by atoms with Gasteiger partial charge in [-0.3, -0.25) is 0 Å². The second kappa shape index (κ2) is 6.38. The van der Waals surface area contributed by atoms with E-state index in [0.717, 1.165) is 34.9 Å². The molecule has 0 aliphatic rings. The Balaban J connectivity index is 1.82. The third-order valence-electron chi connectivity index (χ3n) is 3.60. The number of H-pyrrole nitrogens is 1. The molecule has 23 heavy (non-hydrogen) atoms. The zero-order chi connectivity index (χ0) is 16.4. The number of nitrogens with zero attached hydrogens (tertiary/aromatic N) is 2. The third kappa shape index (κ3) is 3.51. The van der Waals surface area contributed by atoms with E-state index in [1.54, 1.807) is 0 Å². The Morgan fingerprint density at radius 2 is 1.83 bits per heavy atom. The lowest BCUT2D eigenvalue weighted by atomic mass is 10.1. The Bertz CT molecular complexity index is 796. The van der Waals surface area contributed by atoms with Crippen LogP contribution in [0.1, 0.15) is 24.2 Å². The molecular weight excluding hydrogens is 315 g/mol. The third-order valence-corrected chi connectivity index (χ3v) is 3.85. The van der Waals surface area contributed by atoms with Crippen molar-refractivity contribution < 1.29 is 4.39 Å². The molecule has 0 saturated carbocycles. The van der Waals surface area contributed by atoms with Crippen molar-refractivity contribution in [2.24, 2.45) is 0 Å². The number of rotatable bonds is 4. The number of aromatic nitrogens is 3. The summed E-state index contributed by atoms with van der Waals surface area (Å²) in [6.07, 6.45) is 2.28. The zero-order valence-corrected chi connectivity index (χ0v) is 13.5. The minimum Gasteiger partial charge on any atom is -0.356 e. The highest BCUT2D eigenvalue weighted by Crippen LogP contribution is 2.27. The highest BCUT2D eigenvalue weighted by Gasteiger charge is 2.13. The van der Waals surface area contributed by atoms with E-state index in [1.165, 1.54) is 0 Å². The van der Waals surface area contributed by atoms with Gasteiger partial charge >= 0.3 is 0 Å². The van der Waals surface area contributed by atoms with E-state index in [2.05, 4.69) is 26.3 Å². The molecule has 0 spiro atoms. The standard InChI is InChI=1S/C17H16ClFN4/c1-10-7-15(11(2)22-17-20-8-14(19)9-21-17)23-16(10)12-3-5-13(18)6-4-12/h3-9,11,23H,1-2H3,(H,20,21,22)/t11-/m0/s1. The Labute approximate surface area is 138 Å². The van der Waals surface area contributed by atoms with Crippen LogP contribution >= 0.6 is 11.6 Å². The summed E-state index contributed by atoms with van der Waals surface area (Å²) in [6, 6.07) is 9.72. The molecule has 0 radical (unpaired) electrons. The molecule has 0 unspecified atom stereocenters. The normalized spacial score (nSPS) is 12.2. The molecule has 0 fully saturated rings. The number of aromatic amines is 1. The SMILES string of the molecule is Cc1cc([C@H](C)Nc2ncc(F)cn2)[nH]c1-c1ccc(Cl)cc1. The number of nitrogens with one attached hydrogen (secondary N) is 2. The molecule has 0 amide bonds. The van der Waals surface area contributed by atoms with Crippen molar-refractivity contribution in [3.8, 4) is 11.3 Å². The Kier molecular flexibility index (Phi) is 4.30. The maximum absolute atomic E-state index is 12.9. The van der Waals surface area contributed by atoms with Gasteiger partial charge in [-0.25, -0.2) is 14.4 Å². The predicted octanol–water partition coefficient (Wildman–Crippen LogP) is 4.75. The summed E-state index contributed by atoms with van der Waals surface area (Å²) < 4.78 is 12.9. The van der Waals surface area contributed by atoms with Gasteiger partial charge in [0.15, 0.2) is 5.82 Å². The summed E-state index contributed by atoms with van der Waals surface area (Å²) in [6.45, 7) is 4.04. The fourth-order valence-electron chi connectivity index (χ4n) is 2.39. The van der Waals surface area contributed by atoms with Gasteiger partial charge in [-0.1, -0.05) is 23.7 Å². The number of hydrogen-bond acceptors (Lipinski definition) is 3. The summed E-state index contributed by atoms with van der Waals surface area (Å²) in [5.41, 5.74) is 4.25. The second-order valence-electron chi connectivity index (χ2n) is 5.38. The quantitative estimate of drug-likeness (QED) is 0.726. The van der Waals surface area contributed by atoms with Gasteiger partial charge in [0.2, 0.25) is 5.95 Å². The molecule has 0 saturated heterocycles. The number of hydrogen-bond donors (Lipinski definition) is 2. The van der Waals surface area contributed by atoms with Crippen LogP contribution in [0.2, 0.25) is 5.02 Å². The molecule has 4 nitrogen and oxygen atoms in total. The Morgan fingerprint density at radius 3 is 2.48 bits per heavy atom. The van der Waals surface area contributed by atoms with Crippen LogP contribution in [0.25, 0.3) is 11.3 Å². The lowest BCUT2D eigenvalue weighted by molar-refractivity contribution is 0.613. The van der Waals surface area contributed by atoms with Crippen LogP contribution in [0.3, 0.4) is 0 Å². The molecule has 6 heteroatoms. The van der Waals surface area contributed by atoms with E-state index in [0.29, 0.717) is 11.0 Å². The highest BCUT2D eigenvalue weighted by molar-refractivity contribution is 6.30. The highest BCUT2D eigenvalue weighted by atomic mass is 35.5.